The van der Waals surface area contributed by atoms with Crippen molar-refractivity contribution in [3.05, 3.63) is 46.9 Å². The van der Waals surface area contributed by atoms with E-state index in [2.05, 4.69) is 15.0 Å². The predicted octanol–water partition coefficient (Wildman–Crippen LogP) is 4.31. The molecule has 1 aromatic carbocycles. The third kappa shape index (κ3) is 2.80. The summed E-state index contributed by atoms with van der Waals surface area (Å²) in [4.78, 5) is 27.0. The first-order valence-electron chi connectivity index (χ1n) is 8.44. The molecule has 0 aliphatic carbocycles. The van der Waals surface area contributed by atoms with Crippen LogP contribution in [0.25, 0.3) is 11.0 Å². The molecule has 1 aliphatic rings. The van der Waals surface area contributed by atoms with Gasteiger partial charge in [0, 0.05) is 17.5 Å². The van der Waals surface area contributed by atoms with Crippen molar-refractivity contribution in [1.82, 2.24) is 19.9 Å². The van der Waals surface area contributed by atoms with Crippen LogP contribution in [0.15, 0.2) is 29.0 Å². The maximum Gasteiger partial charge on any atom is 0.276 e. The second-order valence-electron chi connectivity index (χ2n) is 6.66. The molecule has 1 N–H and O–H groups in total. The van der Waals surface area contributed by atoms with E-state index >= 15 is 0 Å². The van der Waals surface area contributed by atoms with Crippen molar-refractivity contribution in [1.29, 1.82) is 0 Å². The molecule has 0 unspecified atom stereocenters. The number of H-pyrrole nitrogens is 1. The molecule has 25 heavy (non-hydrogen) atoms. The molecular weight excluding hydrogens is 340 g/mol. The van der Waals surface area contributed by atoms with E-state index in [9.17, 15) is 4.79 Å². The Bertz CT molecular complexity index is 930. The van der Waals surface area contributed by atoms with E-state index in [1.807, 2.05) is 36.9 Å². The average Bonchev–Trinajstić information content (AvgIpc) is 3.31. The molecular formula is C18H19ClN4O2. The van der Waals surface area contributed by atoms with Crippen LogP contribution < -0.4 is 0 Å². The van der Waals surface area contributed by atoms with Crippen molar-refractivity contribution in [3.8, 4) is 0 Å². The van der Waals surface area contributed by atoms with Crippen molar-refractivity contribution < 1.29 is 9.21 Å². The number of likely N-dealkylation sites (tertiary alicyclic amines) is 1. The van der Waals surface area contributed by atoms with Gasteiger partial charge in [0.2, 0.25) is 0 Å². The van der Waals surface area contributed by atoms with Gasteiger partial charge in [-0.2, -0.15) is 0 Å². The Hall–Kier alpha value is -2.34. The molecule has 0 saturated carbocycles. The number of fused-ring (bicyclic) bond motifs is 1. The maximum absolute atomic E-state index is 13.0. The number of benzene rings is 1. The van der Waals surface area contributed by atoms with Crippen LogP contribution in [0.2, 0.25) is 5.02 Å². The molecule has 1 atom stereocenters. The van der Waals surface area contributed by atoms with Gasteiger partial charge in [0.15, 0.2) is 12.1 Å². The van der Waals surface area contributed by atoms with Gasteiger partial charge in [-0.25, -0.2) is 9.97 Å². The highest BCUT2D eigenvalue weighted by Crippen LogP contribution is 2.34. The van der Waals surface area contributed by atoms with Crippen LogP contribution >= 0.6 is 11.6 Å². The van der Waals surface area contributed by atoms with E-state index in [1.165, 1.54) is 6.39 Å². The lowest BCUT2D eigenvalue weighted by Crippen LogP contribution is -2.32. The SMILES string of the molecule is CC(C)c1ocnc1C(=O)N1CCC[C@H]1c1nc2ccc(Cl)cc2[nH]1. The minimum Gasteiger partial charge on any atom is -0.447 e. The zero-order valence-corrected chi connectivity index (χ0v) is 14.9. The number of oxazole rings is 1. The third-order valence-electron chi connectivity index (χ3n) is 4.61. The lowest BCUT2D eigenvalue weighted by molar-refractivity contribution is 0.0722. The molecule has 1 saturated heterocycles. The summed E-state index contributed by atoms with van der Waals surface area (Å²) in [7, 11) is 0. The molecule has 3 aromatic rings. The minimum absolute atomic E-state index is 0.0876. The monoisotopic (exact) mass is 358 g/mol. The highest BCUT2D eigenvalue weighted by atomic mass is 35.5. The Morgan fingerprint density at radius 3 is 3.08 bits per heavy atom. The molecule has 130 valence electrons. The number of rotatable bonds is 3. The van der Waals surface area contributed by atoms with E-state index in [-0.39, 0.29) is 17.9 Å². The number of carbonyl (C=O) groups excluding carboxylic acids is 1. The first kappa shape index (κ1) is 16.1. The fraction of sp³-hybridized carbons (Fsp3) is 0.389. The second kappa shape index (κ2) is 6.19. The van der Waals surface area contributed by atoms with Crippen molar-refractivity contribution in [2.24, 2.45) is 0 Å². The molecule has 0 bridgehead atoms. The van der Waals surface area contributed by atoms with Crippen molar-refractivity contribution >= 4 is 28.5 Å². The van der Waals surface area contributed by atoms with Gasteiger partial charge < -0.3 is 14.3 Å². The van der Waals surface area contributed by atoms with Crippen molar-refractivity contribution in [2.45, 2.75) is 38.6 Å². The molecule has 6 nitrogen and oxygen atoms in total. The number of nitrogens with one attached hydrogen (secondary N) is 1. The van der Waals surface area contributed by atoms with E-state index < -0.39 is 0 Å². The van der Waals surface area contributed by atoms with Gasteiger partial charge in [-0.05, 0) is 31.0 Å². The maximum atomic E-state index is 13.0. The Morgan fingerprint density at radius 2 is 2.28 bits per heavy atom. The fourth-order valence-electron chi connectivity index (χ4n) is 3.41. The van der Waals surface area contributed by atoms with E-state index in [0.717, 1.165) is 29.7 Å². The summed E-state index contributed by atoms with van der Waals surface area (Å²) in [5.41, 5.74) is 2.13. The number of aromatic nitrogens is 3. The summed E-state index contributed by atoms with van der Waals surface area (Å²) in [6.45, 7) is 4.66. The first-order chi connectivity index (χ1) is 12.0. The average molecular weight is 359 g/mol. The Balaban J connectivity index is 1.67. The number of carbonyl (C=O) groups is 1. The van der Waals surface area contributed by atoms with Gasteiger partial charge in [0.05, 0.1) is 17.1 Å². The summed E-state index contributed by atoms with van der Waals surface area (Å²) in [5, 5.41) is 0.659. The van der Waals surface area contributed by atoms with Crippen molar-refractivity contribution in [3.63, 3.8) is 0 Å². The molecule has 4 rings (SSSR count). The zero-order chi connectivity index (χ0) is 17.6. The molecule has 1 aliphatic heterocycles. The van der Waals surface area contributed by atoms with Crippen LogP contribution in [0.5, 0.6) is 0 Å². The Morgan fingerprint density at radius 1 is 1.44 bits per heavy atom. The number of amides is 1. The standard InChI is InChI=1S/C18H19ClN4O2/c1-10(2)16-15(20-9-25-16)18(24)23-7-3-4-14(23)17-21-12-6-5-11(19)8-13(12)22-17/h5-6,8-10,14H,3-4,7H2,1-2H3,(H,21,22)/t14-/m0/s1. The van der Waals surface area contributed by atoms with Crippen LogP contribution in [0.4, 0.5) is 0 Å². The van der Waals surface area contributed by atoms with E-state index in [4.69, 9.17) is 16.0 Å². The number of imidazole rings is 1. The normalized spacial score (nSPS) is 17.8. The van der Waals surface area contributed by atoms with Crippen LogP contribution in [-0.2, 0) is 0 Å². The van der Waals surface area contributed by atoms with E-state index in [0.29, 0.717) is 23.0 Å². The van der Waals surface area contributed by atoms with Gasteiger partial charge in [-0.1, -0.05) is 25.4 Å². The lowest BCUT2D eigenvalue weighted by atomic mass is 10.1. The molecule has 2 aromatic heterocycles. The predicted molar refractivity (Wildman–Crippen MR) is 94.7 cm³/mol. The van der Waals surface area contributed by atoms with Gasteiger partial charge in [-0.3, -0.25) is 4.79 Å². The zero-order valence-electron chi connectivity index (χ0n) is 14.1. The van der Waals surface area contributed by atoms with Crippen LogP contribution in [0.1, 0.15) is 60.7 Å². The molecule has 0 radical (unpaired) electrons. The van der Waals surface area contributed by atoms with Gasteiger partial charge in [0.25, 0.3) is 5.91 Å². The van der Waals surface area contributed by atoms with Crippen molar-refractivity contribution in [2.75, 3.05) is 6.54 Å². The minimum atomic E-state index is -0.0987. The summed E-state index contributed by atoms with van der Waals surface area (Å²) in [6.07, 6.45) is 3.15. The lowest BCUT2D eigenvalue weighted by Gasteiger charge is -2.22. The molecule has 7 heteroatoms. The fourth-order valence-corrected chi connectivity index (χ4v) is 3.59. The first-order valence-corrected chi connectivity index (χ1v) is 8.82. The Kier molecular flexibility index (Phi) is 4.00. The van der Waals surface area contributed by atoms with E-state index in [1.54, 1.807) is 0 Å². The van der Waals surface area contributed by atoms with Gasteiger partial charge >= 0.3 is 0 Å². The number of aromatic amines is 1. The van der Waals surface area contributed by atoms with Crippen LogP contribution in [0, 0.1) is 0 Å². The Labute approximate surface area is 150 Å². The summed E-state index contributed by atoms with van der Waals surface area (Å²) < 4.78 is 5.41. The molecule has 3 heterocycles. The number of nitrogens with zero attached hydrogens (tertiary/aromatic N) is 3. The highest BCUT2D eigenvalue weighted by molar-refractivity contribution is 6.31. The van der Waals surface area contributed by atoms with Crippen LogP contribution in [-0.4, -0.2) is 32.3 Å². The highest BCUT2D eigenvalue weighted by Gasteiger charge is 2.35. The third-order valence-corrected chi connectivity index (χ3v) is 4.85. The largest absolute Gasteiger partial charge is 0.447 e. The van der Waals surface area contributed by atoms with Gasteiger partial charge in [0.1, 0.15) is 11.6 Å². The number of hydrogen-bond acceptors (Lipinski definition) is 4. The van der Waals surface area contributed by atoms with Crippen LogP contribution in [0.3, 0.4) is 0 Å². The smallest absolute Gasteiger partial charge is 0.276 e. The molecule has 1 amide bonds. The molecule has 1 fully saturated rings. The van der Waals surface area contributed by atoms with Gasteiger partial charge in [-0.15, -0.1) is 0 Å². The summed E-state index contributed by atoms with van der Waals surface area (Å²) in [5.74, 6) is 1.43. The molecule has 0 spiro atoms. The number of hydrogen-bond donors (Lipinski definition) is 1. The topological polar surface area (TPSA) is 75.0 Å². The second-order valence-corrected chi connectivity index (χ2v) is 7.10. The number of halogens is 1. The summed E-state index contributed by atoms with van der Waals surface area (Å²) >= 11 is 6.05. The quantitative estimate of drug-likeness (QED) is 0.757. The summed E-state index contributed by atoms with van der Waals surface area (Å²) in [6, 6.07) is 5.46.